The minimum Gasteiger partial charge on any atom is -0.507 e. The lowest BCUT2D eigenvalue weighted by molar-refractivity contribution is -0.134. The number of ether oxygens (including phenoxy) is 2. The molecule has 3 rings (SSSR count). The van der Waals surface area contributed by atoms with Crippen molar-refractivity contribution in [3.63, 3.8) is 0 Å². The Bertz CT molecular complexity index is 1420. The fraction of sp³-hybridized carbons (Fsp3) is 0.280. The van der Waals surface area contributed by atoms with Gasteiger partial charge in [-0.3, -0.25) is 4.79 Å². The van der Waals surface area contributed by atoms with Crippen LogP contribution in [0.1, 0.15) is 46.9 Å². The molecule has 2 heterocycles. The summed E-state index contributed by atoms with van der Waals surface area (Å²) in [5.74, 6) is -3.47. The average molecular weight is 586 g/mol. The van der Waals surface area contributed by atoms with Crippen molar-refractivity contribution in [2.24, 2.45) is 5.92 Å². The predicted octanol–water partition coefficient (Wildman–Crippen LogP) is 5.64. The molecule has 0 fully saturated rings. The van der Waals surface area contributed by atoms with Crippen LogP contribution in [-0.4, -0.2) is 34.1 Å². The molecule has 13 heteroatoms. The van der Waals surface area contributed by atoms with Crippen molar-refractivity contribution in [3.8, 4) is 16.7 Å². The number of hydrogen-bond acceptors (Lipinski definition) is 10. The van der Waals surface area contributed by atoms with E-state index in [-0.39, 0.29) is 38.2 Å². The summed E-state index contributed by atoms with van der Waals surface area (Å²) in [6, 6.07) is 4.83. The Kier molecular flexibility index (Phi) is 10.0. The molecule has 2 atom stereocenters. The van der Waals surface area contributed by atoms with Gasteiger partial charge in [0.15, 0.2) is 5.78 Å². The molecule has 1 aromatic carbocycles. The molecule has 2 N–H and O–H groups in total. The molecule has 3 aromatic rings. The van der Waals surface area contributed by atoms with Gasteiger partial charge in [0, 0.05) is 24.6 Å². The van der Waals surface area contributed by atoms with Crippen LogP contribution in [0.5, 0.6) is 16.7 Å². The summed E-state index contributed by atoms with van der Waals surface area (Å²) in [6.45, 7) is 1.35. The number of esters is 1. The quantitative estimate of drug-likeness (QED) is 0.127. The molecule has 0 aliphatic heterocycles. The van der Waals surface area contributed by atoms with Gasteiger partial charge in [0.25, 0.3) is 5.19 Å². The van der Waals surface area contributed by atoms with Crippen LogP contribution in [0, 0.1) is 11.7 Å². The van der Waals surface area contributed by atoms with Crippen LogP contribution >= 0.6 is 34.5 Å². The number of aliphatic hydroxyl groups excluding tert-OH is 1. The summed E-state index contributed by atoms with van der Waals surface area (Å²) >= 11 is 12.7. The third kappa shape index (κ3) is 7.19. The molecule has 0 amide bonds. The zero-order chi connectivity index (χ0) is 28.0. The molecular weight excluding hydrogens is 564 g/mol. The zero-order valence-electron chi connectivity index (χ0n) is 20.1. The number of aromatic nitrogens is 1. The predicted molar refractivity (Wildman–Crippen MR) is 138 cm³/mol. The Morgan fingerprint density at radius 2 is 2.03 bits per heavy atom. The first kappa shape index (κ1) is 29.3. The second kappa shape index (κ2) is 13.0. The summed E-state index contributed by atoms with van der Waals surface area (Å²) in [6.07, 6.45) is 2.61. The highest BCUT2D eigenvalue weighted by Crippen LogP contribution is 2.40. The van der Waals surface area contributed by atoms with E-state index in [0.717, 1.165) is 23.5 Å². The Morgan fingerprint density at radius 3 is 2.68 bits per heavy atom. The maximum atomic E-state index is 13.4. The van der Waals surface area contributed by atoms with Crippen LogP contribution in [-0.2, 0) is 16.0 Å². The third-order valence-electron chi connectivity index (χ3n) is 5.32. The van der Waals surface area contributed by atoms with Crippen LogP contribution in [0.4, 0.5) is 4.39 Å². The fourth-order valence-corrected chi connectivity index (χ4v) is 4.72. The summed E-state index contributed by atoms with van der Waals surface area (Å²) in [5, 5.41) is 20.9. The number of methoxy groups -OCH3 is 1. The van der Waals surface area contributed by atoms with Crippen molar-refractivity contribution in [2.75, 3.05) is 7.11 Å². The Labute approximate surface area is 230 Å². The first-order valence-electron chi connectivity index (χ1n) is 11.1. The summed E-state index contributed by atoms with van der Waals surface area (Å²) in [5.41, 5.74) is -1.66. The molecular formula is C25H22Cl2FNO8S. The zero-order valence-corrected chi connectivity index (χ0v) is 22.4. The van der Waals surface area contributed by atoms with Gasteiger partial charge in [-0.15, -0.1) is 0 Å². The SMILES string of the molecule is COC(=O)/C=C/CCCc1cc(O)c(C(=O)C(C)C(O)c2sc(Oc3ccc(F)c(Cl)c3)nc2Cl)c(=O)o1. The average Bonchev–Trinajstić information content (AvgIpc) is 3.24. The highest BCUT2D eigenvalue weighted by molar-refractivity contribution is 7.14. The van der Waals surface area contributed by atoms with E-state index in [2.05, 4.69) is 9.72 Å². The molecule has 0 aliphatic rings. The van der Waals surface area contributed by atoms with Crippen molar-refractivity contribution in [3.05, 3.63) is 79.0 Å². The van der Waals surface area contributed by atoms with Gasteiger partial charge in [0.2, 0.25) is 0 Å². The van der Waals surface area contributed by atoms with Gasteiger partial charge in [-0.2, -0.15) is 4.98 Å². The Balaban J connectivity index is 1.70. The van der Waals surface area contributed by atoms with Gasteiger partial charge in [0.1, 0.15) is 39.9 Å². The number of Topliss-reactive ketones (excluding diaryl/α,β-unsaturated/α-hetero) is 1. The topological polar surface area (TPSA) is 136 Å². The molecule has 0 aliphatic carbocycles. The second-order valence-corrected chi connectivity index (χ2v) is 9.75. The number of nitrogens with zero attached hydrogens (tertiary/aromatic N) is 1. The van der Waals surface area contributed by atoms with Crippen molar-refractivity contribution < 1.29 is 38.1 Å². The number of unbranched alkanes of at least 4 members (excludes halogenated alkanes) is 1. The number of benzene rings is 1. The first-order chi connectivity index (χ1) is 18.0. The first-order valence-corrected chi connectivity index (χ1v) is 12.7. The highest BCUT2D eigenvalue weighted by atomic mass is 35.5. The standard InChI is InChI=1S/C25H22Cl2FNO8S/c1-12(21(33)22-23(27)29-25(38-22)37-14-8-9-16(28)15(26)10-14)20(32)19-17(30)11-13(36-24(19)34)6-4-3-5-7-18(31)35-2/h5,7-12,21,30,33H,3-4,6H2,1-2H3/b7-5+. The van der Waals surface area contributed by atoms with Crippen molar-refractivity contribution in [1.82, 2.24) is 4.98 Å². The summed E-state index contributed by atoms with van der Waals surface area (Å²) in [7, 11) is 1.26. The maximum Gasteiger partial charge on any atom is 0.350 e. The lowest BCUT2D eigenvalue weighted by Crippen LogP contribution is -2.25. The number of carbonyl (C=O) groups excluding carboxylic acids is 2. The normalized spacial score (nSPS) is 12.9. The molecule has 2 unspecified atom stereocenters. The number of aromatic hydroxyl groups is 1. The monoisotopic (exact) mass is 585 g/mol. The van der Waals surface area contributed by atoms with E-state index in [1.54, 1.807) is 6.08 Å². The lowest BCUT2D eigenvalue weighted by Gasteiger charge is -2.16. The van der Waals surface area contributed by atoms with Crippen LogP contribution in [0.25, 0.3) is 0 Å². The highest BCUT2D eigenvalue weighted by Gasteiger charge is 2.32. The second-order valence-electron chi connectivity index (χ2n) is 7.99. The van der Waals surface area contributed by atoms with Crippen molar-refractivity contribution in [2.45, 2.75) is 32.3 Å². The van der Waals surface area contributed by atoms with Gasteiger partial charge in [-0.1, -0.05) is 47.5 Å². The molecule has 0 bridgehead atoms. The number of carbonyl (C=O) groups is 2. The van der Waals surface area contributed by atoms with E-state index in [9.17, 15) is 29.0 Å². The van der Waals surface area contributed by atoms with Gasteiger partial charge < -0.3 is 24.1 Å². The molecule has 0 saturated carbocycles. The molecule has 2 aromatic heterocycles. The maximum absolute atomic E-state index is 13.4. The van der Waals surface area contributed by atoms with Crippen LogP contribution in [0.2, 0.25) is 10.2 Å². The molecule has 9 nitrogen and oxygen atoms in total. The smallest absolute Gasteiger partial charge is 0.350 e. The number of rotatable bonds is 11. The van der Waals surface area contributed by atoms with E-state index in [1.807, 2.05) is 0 Å². The fourth-order valence-electron chi connectivity index (χ4n) is 3.28. The van der Waals surface area contributed by atoms with Gasteiger partial charge in [-0.25, -0.2) is 14.0 Å². The van der Waals surface area contributed by atoms with E-state index in [0.29, 0.717) is 12.8 Å². The number of hydrogen-bond donors (Lipinski definition) is 2. The molecule has 0 spiro atoms. The minimum atomic E-state index is -1.50. The van der Waals surface area contributed by atoms with Crippen molar-refractivity contribution >= 4 is 46.3 Å². The number of aliphatic hydroxyl groups is 1. The Hall–Kier alpha value is -3.25. The number of thiazole rings is 1. The van der Waals surface area contributed by atoms with Crippen LogP contribution in [0.15, 0.2) is 45.6 Å². The third-order valence-corrected chi connectivity index (χ3v) is 7.01. The number of allylic oxidation sites excluding steroid dienone is 1. The lowest BCUT2D eigenvalue weighted by atomic mass is 9.94. The largest absolute Gasteiger partial charge is 0.507 e. The Morgan fingerprint density at radius 1 is 1.29 bits per heavy atom. The van der Waals surface area contributed by atoms with E-state index in [1.165, 1.54) is 32.2 Å². The molecule has 38 heavy (non-hydrogen) atoms. The van der Waals surface area contributed by atoms with Gasteiger partial charge >= 0.3 is 11.6 Å². The van der Waals surface area contributed by atoms with Crippen LogP contribution in [0.3, 0.4) is 0 Å². The number of ketones is 1. The van der Waals surface area contributed by atoms with E-state index < -0.39 is 46.5 Å². The molecule has 0 saturated heterocycles. The minimum absolute atomic E-state index is 0.000445. The van der Waals surface area contributed by atoms with Gasteiger partial charge in [-0.05, 0) is 25.0 Å². The molecule has 202 valence electrons. The summed E-state index contributed by atoms with van der Waals surface area (Å²) < 4.78 is 28.5. The summed E-state index contributed by atoms with van der Waals surface area (Å²) in [4.78, 5) is 40.7. The number of aryl methyl sites for hydroxylation is 1. The van der Waals surface area contributed by atoms with Crippen molar-refractivity contribution in [1.29, 1.82) is 0 Å². The van der Waals surface area contributed by atoms with Crippen LogP contribution < -0.4 is 10.4 Å². The number of halogens is 3. The van der Waals surface area contributed by atoms with E-state index >= 15 is 0 Å². The van der Waals surface area contributed by atoms with Gasteiger partial charge in [0.05, 0.1) is 22.9 Å². The molecule has 0 radical (unpaired) electrons. The van der Waals surface area contributed by atoms with E-state index in [4.69, 9.17) is 32.4 Å².